The van der Waals surface area contributed by atoms with Crippen LogP contribution in [0.3, 0.4) is 0 Å². The van der Waals surface area contributed by atoms with Crippen molar-refractivity contribution in [3.05, 3.63) is 34.6 Å². The third-order valence-electron chi connectivity index (χ3n) is 3.14. The second kappa shape index (κ2) is 6.95. The second-order valence-electron chi connectivity index (χ2n) is 4.89. The van der Waals surface area contributed by atoms with Gasteiger partial charge in [-0.15, -0.1) is 0 Å². The number of methoxy groups -OCH3 is 2. The molecule has 21 heavy (non-hydrogen) atoms. The molecule has 1 atom stereocenters. The molecular formula is C15H20BrN3O2. The maximum atomic E-state index is 5.38. The number of imidazole rings is 1. The molecule has 0 aliphatic heterocycles. The summed E-state index contributed by atoms with van der Waals surface area (Å²) in [7, 11) is 3.35. The molecule has 5 nitrogen and oxygen atoms in total. The van der Waals surface area contributed by atoms with Crippen LogP contribution >= 0.6 is 15.9 Å². The van der Waals surface area contributed by atoms with Gasteiger partial charge in [0.15, 0.2) is 0 Å². The monoisotopic (exact) mass is 353 g/mol. The zero-order valence-corrected chi connectivity index (χ0v) is 14.3. The maximum absolute atomic E-state index is 5.38. The molecule has 0 radical (unpaired) electrons. The van der Waals surface area contributed by atoms with Crippen molar-refractivity contribution in [1.82, 2.24) is 9.55 Å². The van der Waals surface area contributed by atoms with Crippen LogP contribution in [0.25, 0.3) is 0 Å². The lowest BCUT2D eigenvalue weighted by Gasteiger charge is -2.17. The number of ether oxygens (including phenoxy) is 2. The second-order valence-corrected chi connectivity index (χ2v) is 5.80. The molecule has 1 N–H and O–H groups in total. The normalized spacial score (nSPS) is 12.2. The Kier molecular flexibility index (Phi) is 5.25. The third-order valence-corrected chi connectivity index (χ3v) is 3.64. The number of rotatable bonds is 6. The molecule has 1 heterocycles. The minimum atomic E-state index is 0.192. The number of benzene rings is 1. The standard InChI is InChI=1S/C15H20BrN3O2/c1-10-8-19(11(2)9-20-3)15(17-10)18-13-7-12(16)5-6-14(13)21-4/h5-8,11H,9H2,1-4H3,(H,17,18). The van der Waals surface area contributed by atoms with Gasteiger partial charge in [0.1, 0.15) is 5.75 Å². The lowest BCUT2D eigenvalue weighted by Crippen LogP contribution is -2.13. The molecule has 1 aromatic carbocycles. The highest BCUT2D eigenvalue weighted by Gasteiger charge is 2.14. The van der Waals surface area contributed by atoms with Crippen molar-refractivity contribution in [2.45, 2.75) is 19.9 Å². The molecule has 0 aliphatic carbocycles. The summed E-state index contributed by atoms with van der Waals surface area (Å²) in [6.07, 6.45) is 2.01. The van der Waals surface area contributed by atoms with E-state index in [2.05, 4.69) is 37.7 Å². The Morgan fingerprint density at radius 3 is 2.81 bits per heavy atom. The summed E-state index contributed by atoms with van der Waals surface area (Å²) >= 11 is 3.47. The van der Waals surface area contributed by atoms with Crippen LogP contribution in [-0.4, -0.2) is 30.4 Å². The number of halogens is 1. The van der Waals surface area contributed by atoms with Crippen LogP contribution in [0.4, 0.5) is 11.6 Å². The minimum absolute atomic E-state index is 0.192. The predicted molar refractivity (Wildman–Crippen MR) is 87.5 cm³/mol. The van der Waals surface area contributed by atoms with Gasteiger partial charge in [-0.2, -0.15) is 0 Å². The number of anilines is 2. The summed E-state index contributed by atoms with van der Waals surface area (Å²) in [5, 5.41) is 3.33. The molecule has 1 aromatic heterocycles. The van der Waals surface area contributed by atoms with E-state index >= 15 is 0 Å². The van der Waals surface area contributed by atoms with Gasteiger partial charge < -0.3 is 19.4 Å². The van der Waals surface area contributed by atoms with Crippen molar-refractivity contribution in [3.63, 3.8) is 0 Å². The van der Waals surface area contributed by atoms with Gasteiger partial charge in [-0.1, -0.05) is 15.9 Å². The van der Waals surface area contributed by atoms with Crippen LogP contribution in [-0.2, 0) is 4.74 Å². The Morgan fingerprint density at radius 1 is 1.38 bits per heavy atom. The molecular weight excluding hydrogens is 334 g/mol. The number of aromatic nitrogens is 2. The highest BCUT2D eigenvalue weighted by molar-refractivity contribution is 9.10. The molecule has 0 aliphatic rings. The molecule has 0 amide bonds. The number of nitrogens with one attached hydrogen (secondary N) is 1. The van der Waals surface area contributed by atoms with Gasteiger partial charge in [0.25, 0.3) is 0 Å². The first-order valence-corrected chi connectivity index (χ1v) is 7.49. The summed E-state index contributed by atoms with van der Waals surface area (Å²) in [5.74, 6) is 1.54. The first-order valence-electron chi connectivity index (χ1n) is 6.70. The van der Waals surface area contributed by atoms with Crippen molar-refractivity contribution < 1.29 is 9.47 Å². The van der Waals surface area contributed by atoms with Gasteiger partial charge in [0, 0.05) is 17.8 Å². The van der Waals surface area contributed by atoms with E-state index in [-0.39, 0.29) is 6.04 Å². The van der Waals surface area contributed by atoms with E-state index < -0.39 is 0 Å². The molecule has 114 valence electrons. The van der Waals surface area contributed by atoms with E-state index in [0.29, 0.717) is 6.61 Å². The summed E-state index contributed by atoms with van der Waals surface area (Å²) in [4.78, 5) is 4.54. The zero-order chi connectivity index (χ0) is 15.4. The number of hydrogen-bond donors (Lipinski definition) is 1. The SMILES string of the molecule is COCC(C)n1cc(C)nc1Nc1cc(Br)ccc1OC. The smallest absolute Gasteiger partial charge is 0.208 e. The number of hydrogen-bond acceptors (Lipinski definition) is 4. The Labute approximate surface area is 133 Å². The van der Waals surface area contributed by atoms with Crippen molar-refractivity contribution in [3.8, 4) is 5.75 Å². The maximum Gasteiger partial charge on any atom is 0.208 e. The summed E-state index contributed by atoms with van der Waals surface area (Å²) < 4.78 is 13.7. The van der Waals surface area contributed by atoms with Crippen LogP contribution < -0.4 is 10.1 Å². The first kappa shape index (κ1) is 15.9. The molecule has 1 unspecified atom stereocenters. The van der Waals surface area contributed by atoms with Crippen LogP contribution in [0.1, 0.15) is 18.7 Å². The Balaban J connectivity index is 2.33. The minimum Gasteiger partial charge on any atom is -0.495 e. The Morgan fingerprint density at radius 2 is 2.14 bits per heavy atom. The molecule has 0 bridgehead atoms. The zero-order valence-electron chi connectivity index (χ0n) is 12.7. The highest BCUT2D eigenvalue weighted by Crippen LogP contribution is 2.31. The lowest BCUT2D eigenvalue weighted by molar-refractivity contribution is 0.163. The van der Waals surface area contributed by atoms with Crippen molar-refractivity contribution in [2.24, 2.45) is 0 Å². The fourth-order valence-electron chi connectivity index (χ4n) is 2.16. The van der Waals surface area contributed by atoms with Crippen LogP contribution in [0.2, 0.25) is 0 Å². The lowest BCUT2D eigenvalue weighted by atomic mass is 10.3. The van der Waals surface area contributed by atoms with E-state index in [1.54, 1.807) is 14.2 Å². The van der Waals surface area contributed by atoms with Crippen LogP contribution in [0.5, 0.6) is 5.75 Å². The third kappa shape index (κ3) is 3.77. The summed E-state index contributed by atoms with van der Waals surface area (Å²) in [6.45, 7) is 4.69. The van der Waals surface area contributed by atoms with Crippen molar-refractivity contribution in [1.29, 1.82) is 0 Å². The van der Waals surface area contributed by atoms with Gasteiger partial charge in [-0.25, -0.2) is 4.98 Å². The molecule has 2 aromatic rings. The van der Waals surface area contributed by atoms with Gasteiger partial charge in [-0.05, 0) is 32.0 Å². The molecule has 0 fully saturated rings. The van der Waals surface area contributed by atoms with Crippen molar-refractivity contribution >= 4 is 27.6 Å². The molecule has 6 heteroatoms. The molecule has 0 saturated heterocycles. The Bertz CT molecular complexity index is 613. The number of aryl methyl sites for hydroxylation is 1. The van der Waals surface area contributed by atoms with Crippen LogP contribution in [0.15, 0.2) is 28.9 Å². The largest absolute Gasteiger partial charge is 0.495 e. The average molecular weight is 354 g/mol. The van der Waals surface area contributed by atoms with Gasteiger partial charge >= 0.3 is 0 Å². The first-order chi connectivity index (χ1) is 10.0. The van der Waals surface area contributed by atoms with Gasteiger partial charge in [0.05, 0.1) is 31.1 Å². The van der Waals surface area contributed by atoms with E-state index in [1.165, 1.54) is 0 Å². The van der Waals surface area contributed by atoms with Crippen LogP contribution in [0, 0.1) is 6.92 Å². The Hall–Kier alpha value is -1.53. The quantitative estimate of drug-likeness (QED) is 0.854. The topological polar surface area (TPSA) is 48.3 Å². The number of nitrogens with zero attached hydrogens (tertiary/aromatic N) is 2. The van der Waals surface area contributed by atoms with Gasteiger partial charge in [-0.3, -0.25) is 0 Å². The summed E-state index contributed by atoms with van der Waals surface area (Å²) in [5.41, 5.74) is 1.82. The van der Waals surface area contributed by atoms with E-state index in [0.717, 1.165) is 27.6 Å². The molecule has 0 saturated carbocycles. The average Bonchev–Trinajstić information content (AvgIpc) is 2.80. The van der Waals surface area contributed by atoms with E-state index in [9.17, 15) is 0 Å². The molecule has 0 spiro atoms. The molecule has 2 rings (SSSR count). The summed E-state index contributed by atoms with van der Waals surface area (Å²) in [6, 6.07) is 6.01. The highest BCUT2D eigenvalue weighted by atomic mass is 79.9. The van der Waals surface area contributed by atoms with E-state index in [1.807, 2.05) is 31.3 Å². The fraction of sp³-hybridized carbons (Fsp3) is 0.400. The van der Waals surface area contributed by atoms with Crippen molar-refractivity contribution in [2.75, 3.05) is 26.1 Å². The van der Waals surface area contributed by atoms with Gasteiger partial charge in [0.2, 0.25) is 5.95 Å². The fourth-order valence-corrected chi connectivity index (χ4v) is 2.53. The predicted octanol–water partition coefficient (Wildman–Crippen LogP) is 3.91. The van der Waals surface area contributed by atoms with E-state index in [4.69, 9.17) is 9.47 Å².